The molecule has 1 aromatic carbocycles. The molecule has 3 rings (SSSR count). The molecule has 5 nitrogen and oxygen atoms in total. The van der Waals surface area contributed by atoms with Crippen molar-refractivity contribution in [3.8, 4) is 0 Å². The van der Waals surface area contributed by atoms with Gasteiger partial charge in [0.2, 0.25) is 0 Å². The summed E-state index contributed by atoms with van der Waals surface area (Å²) in [5.41, 5.74) is 0.641. The van der Waals surface area contributed by atoms with Gasteiger partial charge in [0.1, 0.15) is 10.8 Å². The van der Waals surface area contributed by atoms with Gasteiger partial charge in [0.15, 0.2) is 0 Å². The minimum Gasteiger partial charge on any atom is -0.478 e. The lowest BCUT2D eigenvalue weighted by Gasteiger charge is -2.12. The summed E-state index contributed by atoms with van der Waals surface area (Å²) in [5.74, 6) is -2.43. The van der Waals surface area contributed by atoms with Gasteiger partial charge < -0.3 is 15.2 Å². The molecule has 0 unspecified atom stereocenters. The number of hydrogen-bond donors (Lipinski definition) is 2. The Bertz CT molecular complexity index is 756. The Hall–Kier alpha value is -2.25. The van der Waals surface area contributed by atoms with Crippen molar-refractivity contribution in [2.24, 2.45) is 0 Å². The molecule has 114 valence electrons. The first-order chi connectivity index (χ1) is 10.6. The average Bonchev–Trinajstić information content (AvgIpc) is 2.85. The number of carboxylic acids is 1. The monoisotopic (exact) mass is 321 g/mol. The molecule has 0 aliphatic carbocycles. The van der Waals surface area contributed by atoms with Crippen LogP contribution < -0.4 is 5.32 Å². The molecule has 0 saturated heterocycles. The highest BCUT2D eigenvalue weighted by Crippen LogP contribution is 2.36. The second-order valence-electron chi connectivity index (χ2n) is 4.75. The number of benzene rings is 1. The highest BCUT2D eigenvalue weighted by Gasteiger charge is 2.27. The van der Waals surface area contributed by atoms with Crippen molar-refractivity contribution >= 4 is 28.2 Å². The SMILES string of the molecule is O=C(Nc1sc2c(c1C(=O)O)CCOC2)c1ccccc1F. The van der Waals surface area contributed by atoms with Crippen molar-refractivity contribution in [3.63, 3.8) is 0 Å². The van der Waals surface area contributed by atoms with Gasteiger partial charge in [0.25, 0.3) is 5.91 Å². The van der Waals surface area contributed by atoms with E-state index in [0.717, 1.165) is 16.2 Å². The smallest absolute Gasteiger partial charge is 0.339 e. The normalized spacial score (nSPS) is 13.5. The Kier molecular flexibility index (Phi) is 3.91. The number of carboxylic acid groups (broad SMARTS) is 1. The van der Waals surface area contributed by atoms with Crippen molar-refractivity contribution in [1.29, 1.82) is 0 Å². The maximum atomic E-state index is 13.6. The third kappa shape index (κ3) is 2.60. The van der Waals surface area contributed by atoms with Gasteiger partial charge in [0, 0.05) is 4.88 Å². The molecule has 1 aliphatic rings. The lowest BCUT2D eigenvalue weighted by molar-refractivity contribution is 0.0693. The van der Waals surface area contributed by atoms with E-state index in [1.165, 1.54) is 18.2 Å². The van der Waals surface area contributed by atoms with Crippen molar-refractivity contribution in [1.82, 2.24) is 0 Å². The van der Waals surface area contributed by atoms with Gasteiger partial charge in [-0.2, -0.15) is 0 Å². The van der Waals surface area contributed by atoms with E-state index in [1.54, 1.807) is 6.07 Å². The number of carbonyl (C=O) groups excluding carboxylic acids is 1. The number of amides is 1. The van der Waals surface area contributed by atoms with Gasteiger partial charge in [-0.3, -0.25) is 4.79 Å². The van der Waals surface area contributed by atoms with Gasteiger partial charge in [-0.1, -0.05) is 12.1 Å². The number of aromatic carboxylic acids is 1. The fourth-order valence-electron chi connectivity index (χ4n) is 2.36. The molecule has 2 N–H and O–H groups in total. The van der Waals surface area contributed by atoms with Gasteiger partial charge in [-0.25, -0.2) is 9.18 Å². The Morgan fingerprint density at radius 3 is 2.82 bits per heavy atom. The first-order valence-corrected chi connectivity index (χ1v) is 7.41. The highest BCUT2D eigenvalue weighted by molar-refractivity contribution is 7.17. The van der Waals surface area contributed by atoms with Crippen molar-refractivity contribution in [3.05, 3.63) is 51.7 Å². The van der Waals surface area contributed by atoms with Crippen LogP contribution >= 0.6 is 11.3 Å². The van der Waals surface area contributed by atoms with Crippen molar-refractivity contribution in [2.75, 3.05) is 11.9 Å². The van der Waals surface area contributed by atoms with E-state index in [1.807, 2.05) is 0 Å². The van der Waals surface area contributed by atoms with Gasteiger partial charge in [0.05, 0.1) is 24.3 Å². The second kappa shape index (κ2) is 5.86. The number of halogens is 1. The van der Waals surface area contributed by atoms with Crippen molar-refractivity contribution in [2.45, 2.75) is 13.0 Å². The van der Waals surface area contributed by atoms with E-state index >= 15 is 0 Å². The molecule has 2 heterocycles. The van der Waals surface area contributed by atoms with Crippen LogP contribution in [0.4, 0.5) is 9.39 Å². The molecule has 1 amide bonds. The number of rotatable bonds is 3. The first-order valence-electron chi connectivity index (χ1n) is 6.59. The van der Waals surface area contributed by atoms with Crippen LogP contribution in [0.1, 0.15) is 31.2 Å². The Labute approximate surface area is 129 Å². The second-order valence-corrected chi connectivity index (χ2v) is 5.85. The Morgan fingerprint density at radius 2 is 2.09 bits per heavy atom. The molecule has 22 heavy (non-hydrogen) atoms. The van der Waals surface area contributed by atoms with E-state index < -0.39 is 17.7 Å². The molecular formula is C15H12FNO4S. The maximum Gasteiger partial charge on any atom is 0.339 e. The van der Waals surface area contributed by atoms with Crippen LogP contribution in [-0.4, -0.2) is 23.6 Å². The fraction of sp³-hybridized carbons (Fsp3) is 0.200. The molecule has 0 bridgehead atoms. The van der Waals surface area contributed by atoms with Crippen molar-refractivity contribution < 1.29 is 23.8 Å². The number of nitrogens with one attached hydrogen (secondary N) is 1. The lowest BCUT2D eigenvalue weighted by atomic mass is 10.1. The summed E-state index contributed by atoms with van der Waals surface area (Å²) in [6.07, 6.45) is 0.489. The Balaban J connectivity index is 1.95. The minimum absolute atomic E-state index is 0.0768. The predicted octanol–water partition coefficient (Wildman–Crippen LogP) is 2.91. The van der Waals surface area contributed by atoms with E-state index in [2.05, 4.69) is 5.32 Å². The summed E-state index contributed by atoms with van der Waals surface area (Å²) in [6.45, 7) is 0.778. The topological polar surface area (TPSA) is 75.6 Å². The maximum absolute atomic E-state index is 13.6. The zero-order chi connectivity index (χ0) is 15.7. The van der Waals surface area contributed by atoms with Crippen LogP contribution in [0, 0.1) is 5.82 Å². The van der Waals surface area contributed by atoms with E-state index in [4.69, 9.17) is 4.74 Å². The van der Waals surface area contributed by atoms with E-state index in [0.29, 0.717) is 25.2 Å². The van der Waals surface area contributed by atoms with E-state index in [-0.39, 0.29) is 16.1 Å². The lowest BCUT2D eigenvalue weighted by Crippen LogP contribution is -2.16. The molecule has 0 atom stereocenters. The molecular weight excluding hydrogens is 309 g/mol. The number of carbonyl (C=O) groups is 2. The van der Waals surface area contributed by atoms with Crippen LogP contribution in [0.5, 0.6) is 0 Å². The molecule has 0 spiro atoms. The third-order valence-electron chi connectivity index (χ3n) is 3.38. The zero-order valence-electron chi connectivity index (χ0n) is 11.4. The summed E-state index contributed by atoms with van der Waals surface area (Å²) in [5, 5.41) is 12.1. The van der Waals surface area contributed by atoms with Gasteiger partial charge >= 0.3 is 5.97 Å². The number of hydrogen-bond acceptors (Lipinski definition) is 4. The Morgan fingerprint density at radius 1 is 1.32 bits per heavy atom. The minimum atomic E-state index is -1.11. The molecule has 7 heteroatoms. The summed E-state index contributed by atoms with van der Waals surface area (Å²) in [6, 6.07) is 5.56. The molecule has 2 aromatic rings. The first kappa shape index (κ1) is 14.7. The van der Waals surface area contributed by atoms with Crippen LogP contribution in [0.3, 0.4) is 0 Å². The predicted molar refractivity (Wildman–Crippen MR) is 79.0 cm³/mol. The van der Waals surface area contributed by atoms with Crippen LogP contribution in [0.2, 0.25) is 0 Å². The quantitative estimate of drug-likeness (QED) is 0.911. The number of fused-ring (bicyclic) bond motifs is 1. The molecule has 1 aliphatic heterocycles. The fourth-order valence-corrected chi connectivity index (χ4v) is 3.53. The van der Waals surface area contributed by atoms with E-state index in [9.17, 15) is 19.1 Å². The third-order valence-corrected chi connectivity index (χ3v) is 4.50. The summed E-state index contributed by atoms with van der Waals surface area (Å²) >= 11 is 1.16. The molecule has 1 aromatic heterocycles. The molecule has 0 radical (unpaired) electrons. The van der Waals surface area contributed by atoms with Crippen LogP contribution in [-0.2, 0) is 17.8 Å². The van der Waals surface area contributed by atoms with Crippen LogP contribution in [0.25, 0.3) is 0 Å². The summed E-state index contributed by atoms with van der Waals surface area (Å²) in [4.78, 5) is 24.4. The summed E-state index contributed by atoms with van der Waals surface area (Å²) < 4.78 is 18.9. The largest absolute Gasteiger partial charge is 0.478 e. The number of thiophene rings is 1. The number of anilines is 1. The average molecular weight is 321 g/mol. The molecule has 0 fully saturated rings. The van der Waals surface area contributed by atoms with Gasteiger partial charge in [-0.15, -0.1) is 11.3 Å². The molecule has 0 saturated carbocycles. The number of ether oxygens (including phenoxy) is 1. The van der Waals surface area contributed by atoms with Crippen LogP contribution in [0.15, 0.2) is 24.3 Å². The highest BCUT2D eigenvalue weighted by atomic mass is 32.1. The zero-order valence-corrected chi connectivity index (χ0v) is 12.2. The standard InChI is InChI=1S/C15H12FNO4S/c16-10-4-2-1-3-8(10)13(18)17-14-12(15(19)20)9-5-6-21-7-11(9)22-14/h1-4H,5-7H2,(H,17,18)(H,19,20). The van der Waals surface area contributed by atoms with Gasteiger partial charge in [-0.05, 0) is 24.1 Å². The summed E-state index contributed by atoms with van der Waals surface area (Å²) in [7, 11) is 0.